The van der Waals surface area contributed by atoms with Crippen molar-refractivity contribution >= 4 is 5.91 Å². The van der Waals surface area contributed by atoms with Crippen LogP contribution in [0.3, 0.4) is 0 Å². The number of carbonyl (C=O) groups is 1. The number of rotatable bonds is 2. The molecule has 110 valence electrons. The molecule has 6 atom stereocenters. The molecule has 2 rings (SSSR count). The number of carbonyl (C=O) groups excluding carboxylic acids is 1. The van der Waals surface area contributed by atoms with Gasteiger partial charge in [-0.1, -0.05) is 20.8 Å². The zero-order valence-corrected chi connectivity index (χ0v) is 12.7. The van der Waals surface area contributed by atoms with Gasteiger partial charge in [-0.3, -0.25) is 4.79 Å². The molecule has 3 nitrogen and oxygen atoms in total. The Hall–Kier alpha value is -0.570. The van der Waals surface area contributed by atoms with E-state index in [0.29, 0.717) is 12.0 Å². The van der Waals surface area contributed by atoms with Crippen molar-refractivity contribution in [2.24, 2.45) is 29.4 Å². The molecular weight excluding hydrogens is 236 g/mol. The summed E-state index contributed by atoms with van der Waals surface area (Å²) in [5.41, 5.74) is 6.10. The summed E-state index contributed by atoms with van der Waals surface area (Å²) in [7, 11) is 0. The highest BCUT2D eigenvalue weighted by Crippen LogP contribution is 2.31. The first-order valence-corrected chi connectivity index (χ1v) is 8.03. The molecule has 0 aromatic rings. The van der Waals surface area contributed by atoms with Crippen molar-refractivity contribution < 1.29 is 4.79 Å². The molecule has 0 aromatic heterocycles. The molecule has 3 N–H and O–H groups in total. The Kier molecular flexibility index (Phi) is 4.88. The van der Waals surface area contributed by atoms with Crippen LogP contribution in [0.4, 0.5) is 0 Å². The fraction of sp³-hybridized carbons (Fsp3) is 0.938. The van der Waals surface area contributed by atoms with Crippen molar-refractivity contribution in [3.8, 4) is 0 Å². The molecule has 0 radical (unpaired) electrons. The highest BCUT2D eigenvalue weighted by molar-refractivity contribution is 5.79. The van der Waals surface area contributed by atoms with Gasteiger partial charge < -0.3 is 11.1 Å². The lowest BCUT2D eigenvalue weighted by atomic mass is 9.77. The highest BCUT2D eigenvalue weighted by atomic mass is 16.1. The second-order valence-electron chi connectivity index (χ2n) is 7.12. The molecule has 3 heteroatoms. The molecule has 0 heterocycles. The predicted molar refractivity (Wildman–Crippen MR) is 78.6 cm³/mol. The summed E-state index contributed by atoms with van der Waals surface area (Å²) in [5, 5.41) is 3.28. The van der Waals surface area contributed by atoms with E-state index in [-0.39, 0.29) is 17.9 Å². The summed E-state index contributed by atoms with van der Waals surface area (Å²) >= 11 is 0. The summed E-state index contributed by atoms with van der Waals surface area (Å²) in [6.45, 7) is 6.83. The average Bonchev–Trinajstić information content (AvgIpc) is 2.37. The second-order valence-corrected chi connectivity index (χ2v) is 7.12. The van der Waals surface area contributed by atoms with Crippen LogP contribution in [0, 0.1) is 23.7 Å². The van der Waals surface area contributed by atoms with Crippen molar-refractivity contribution in [3.05, 3.63) is 0 Å². The van der Waals surface area contributed by atoms with Gasteiger partial charge in [0.2, 0.25) is 5.91 Å². The van der Waals surface area contributed by atoms with Gasteiger partial charge in [-0.2, -0.15) is 0 Å². The Morgan fingerprint density at radius 2 is 1.63 bits per heavy atom. The van der Waals surface area contributed by atoms with Crippen molar-refractivity contribution in [1.29, 1.82) is 0 Å². The third-order valence-electron chi connectivity index (χ3n) is 5.57. The third-order valence-corrected chi connectivity index (χ3v) is 5.57. The summed E-state index contributed by atoms with van der Waals surface area (Å²) in [6, 6.07) is 0.601. The van der Waals surface area contributed by atoms with Gasteiger partial charge in [-0.05, 0) is 56.3 Å². The third kappa shape index (κ3) is 3.71. The minimum Gasteiger partial charge on any atom is -0.353 e. The minimum absolute atomic E-state index is 0.154. The molecule has 6 unspecified atom stereocenters. The molecule has 2 fully saturated rings. The van der Waals surface area contributed by atoms with Gasteiger partial charge in [0.05, 0.1) is 0 Å². The van der Waals surface area contributed by atoms with Gasteiger partial charge in [0.25, 0.3) is 0 Å². The monoisotopic (exact) mass is 266 g/mol. The van der Waals surface area contributed by atoms with Crippen LogP contribution in [0.15, 0.2) is 0 Å². The number of amides is 1. The van der Waals surface area contributed by atoms with Crippen molar-refractivity contribution in [2.75, 3.05) is 0 Å². The van der Waals surface area contributed by atoms with Gasteiger partial charge >= 0.3 is 0 Å². The van der Waals surface area contributed by atoms with E-state index in [4.69, 9.17) is 5.73 Å². The zero-order valence-electron chi connectivity index (χ0n) is 12.7. The molecule has 0 aromatic carbocycles. The van der Waals surface area contributed by atoms with E-state index in [1.165, 1.54) is 6.42 Å². The van der Waals surface area contributed by atoms with Crippen LogP contribution >= 0.6 is 0 Å². The lowest BCUT2D eigenvalue weighted by molar-refractivity contribution is -0.127. The maximum atomic E-state index is 12.3. The lowest BCUT2D eigenvalue weighted by Gasteiger charge is -2.35. The SMILES string of the molecule is CC1CCC(NC(=O)C2CCC(C)C(N)C2)CC1C. The van der Waals surface area contributed by atoms with Gasteiger partial charge in [0.15, 0.2) is 0 Å². The molecular formula is C16H30N2O. The van der Waals surface area contributed by atoms with E-state index in [1.54, 1.807) is 0 Å². The Bertz CT molecular complexity index is 318. The van der Waals surface area contributed by atoms with Crippen LogP contribution in [0.25, 0.3) is 0 Å². The Labute approximate surface area is 117 Å². The maximum Gasteiger partial charge on any atom is 0.223 e. The predicted octanol–water partition coefficient (Wildman–Crippen LogP) is 2.69. The normalized spacial score (nSPS) is 43.8. The molecule has 2 aliphatic rings. The minimum atomic E-state index is 0.154. The largest absolute Gasteiger partial charge is 0.353 e. The molecule has 0 aliphatic heterocycles. The Balaban J connectivity index is 1.81. The van der Waals surface area contributed by atoms with Crippen LogP contribution in [0.1, 0.15) is 59.3 Å². The van der Waals surface area contributed by atoms with Gasteiger partial charge in [0, 0.05) is 18.0 Å². The number of nitrogens with two attached hydrogens (primary N) is 1. The van der Waals surface area contributed by atoms with Crippen molar-refractivity contribution in [2.45, 2.75) is 71.4 Å². The standard InChI is InChI=1S/C16H30N2O/c1-10-5-7-14(8-12(10)3)18-16(19)13-6-4-11(2)15(17)9-13/h10-15H,4-9,17H2,1-3H3,(H,18,19). The first kappa shape index (κ1) is 14.8. The zero-order chi connectivity index (χ0) is 14.0. The van der Waals surface area contributed by atoms with E-state index in [0.717, 1.165) is 43.9 Å². The van der Waals surface area contributed by atoms with Crippen molar-refractivity contribution in [1.82, 2.24) is 5.32 Å². The second kappa shape index (κ2) is 6.25. The molecule has 0 spiro atoms. The van der Waals surface area contributed by atoms with E-state index in [2.05, 4.69) is 26.1 Å². The van der Waals surface area contributed by atoms with E-state index in [9.17, 15) is 4.79 Å². The van der Waals surface area contributed by atoms with Crippen molar-refractivity contribution in [3.63, 3.8) is 0 Å². The van der Waals surface area contributed by atoms with Gasteiger partial charge in [-0.25, -0.2) is 0 Å². The molecule has 19 heavy (non-hydrogen) atoms. The van der Waals surface area contributed by atoms with E-state index in [1.807, 2.05) is 0 Å². The number of hydrogen-bond donors (Lipinski definition) is 2. The first-order valence-electron chi connectivity index (χ1n) is 8.03. The van der Waals surface area contributed by atoms with Gasteiger partial charge in [0.1, 0.15) is 0 Å². The van der Waals surface area contributed by atoms with Crippen LogP contribution < -0.4 is 11.1 Å². The van der Waals surface area contributed by atoms with Crippen LogP contribution in [-0.2, 0) is 4.79 Å². The van der Waals surface area contributed by atoms with Crippen LogP contribution in [-0.4, -0.2) is 18.0 Å². The molecule has 2 aliphatic carbocycles. The number of hydrogen-bond acceptors (Lipinski definition) is 2. The van der Waals surface area contributed by atoms with Gasteiger partial charge in [-0.15, -0.1) is 0 Å². The molecule has 0 bridgehead atoms. The highest BCUT2D eigenvalue weighted by Gasteiger charge is 2.32. The van der Waals surface area contributed by atoms with E-state index < -0.39 is 0 Å². The summed E-state index contributed by atoms with van der Waals surface area (Å²) in [6.07, 6.45) is 6.50. The molecule has 0 saturated heterocycles. The van der Waals surface area contributed by atoms with Crippen LogP contribution in [0.5, 0.6) is 0 Å². The topological polar surface area (TPSA) is 55.1 Å². The van der Waals surface area contributed by atoms with E-state index >= 15 is 0 Å². The quantitative estimate of drug-likeness (QED) is 0.807. The first-order chi connectivity index (χ1) is 8.97. The summed E-state index contributed by atoms with van der Waals surface area (Å²) in [5.74, 6) is 2.51. The smallest absolute Gasteiger partial charge is 0.223 e. The maximum absolute atomic E-state index is 12.3. The lowest BCUT2D eigenvalue weighted by Crippen LogP contribution is -2.46. The molecule has 2 saturated carbocycles. The average molecular weight is 266 g/mol. The Morgan fingerprint density at radius 1 is 0.947 bits per heavy atom. The summed E-state index contributed by atoms with van der Waals surface area (Å²) in [4.78, 5) is 12.3. The molecule has 1 amide bonds. The summed E-state index contributed by atoms with van der Waals surface area (Å²) < 4.78 is 0. The van der Waals surface area contributed by atoms with Crippen LogP contribution in [0.2, 0.25) is 0 Å². The number of nitrogens with one attached hydrogen (secondary N) is 1. The Morgan fingerprint density at radius 3 is 2.26 bits per heavy atom. The fourth-order valence-electron chi connectivity index (χ4n) is 3.59. The fourth-order valence-corrected chi connectivity index (χ4v) is 3.59.